The zero-order valence-corrected chi connectivity index (χ0v) is 22.6. The molecule has 3 aromatic carbocycles. The Balaban J connectivity index is 1.49. The van der Waals surface area contributed by atoms with Crippen LogP contribution in [0.2, 0.25) is 0 Å². The number of rotatable bonds is 9. The molecule has 1 fully saturated rings. The molecule has 0 spiro atoms. The highest BCUT2D eigenvalue weighted by atomic mass is 19.1. The van der Waals surface area contributed by atoms with Crippen molar-refractivity contribution in [2.75, 3.05) is 6.54 Å². The van der Waals surface area contributed by atoms with Crippen LogP contribution in [0.25, 0.3) is 10.9 Å². The van der Waals surface area contributed by atoms with Crippen LogP contribution in [0.4, 0.5) is 4.39 Å². The number of fused-ring (bicyclic) bond motifs is 1. The van der Waals surface area contributed by atoms with Gasteiger partial charge in [-0.25, -0.2) is 9.07 Å². The molecule has 204 valence electrons. The maximum atomic E-state index is 13.8. The highest BCUT2D eigenvalue weighted by Gasteiger charge is 2.33. The molecule has 1 atom stereocenters. The van der Waals surface area contributed by atoms with Crippen molar-refractivity contribution in [3.8, 4) is 0 Å². The van der Waals surface area contributed by atoms with E-state index in [-0.39, 0.29) is 17.4 Å². The Morgan fingerprint density at radius 1 is 1.00 bits per heavy atom. The second-order valence-electron chi connectivity index (χ2n) is 10.8. The average Bonchev–Trinajstić information content (AvgIpc) is 3.66. The molecule has 5 aromatic rings. The number of benzene rings is 3. The van der Waals surface area contributed by atoms with Crippen LogP contribution in [0.15, 0.2) is 83.7 Å². The van der Waals surface area contributed by atoms with E-state index in [0.717, 1.165) is 54.1 Å². The van der Waals surface area contributed by atoms with Crippen molar-refractivity contribution in [2.45, 2.75) is 57.7 Å². The van der Waals surface area contributed by atoms with Gasteiger partial charge in [-0.2, -0.15) is 0 Å². The van der Waals surface area contributed by atoms with Crippen LogP contribution in [-0.4, -0.2) is 36.6 Å². The summed E-state index contributed by atoms with van der Waals surface area (Å²) >= 11 is 0. The van der Waals surface area contributed by atoms with Crippen molar-refractivity contribution >= 4 is 10.9 Å². The summed E-state index contributed by atoms with van der Waals surface area (Å²) in [7, 11) is 0. The van der Waals surface area contributed by atoms with E-state index in [2.05, 4.69) is 37.5 Å². The van der Waals surface area contributed by atoms with Crippen molar-refractivity contribution in [3.05, 3.63) is 123 Å². The number of nitrogens with zero attached hydrogens (tertiary/aromatic N) is 5. The molecule has 1 saturated carbocycles. The first kappa shape index (κ1) is 26.1. The van der Waals surface area contributed by atoms with Gasteiger partial charge >= 0.3 is 0 Å². The van der Waals surface area contributed by atoms with E-state index in [1.54, 1.807) is 12.1 Å². The summed E-state index contributed by atoms with van der Waals surface area (Å²) in [6.45, 7) is 3.16. The van der Waals surface area contributed by atoms with Crippen LogP contribution >= 0.6 is 0 Å². The first-order valence-corrected chi connectivity index (χ1v) is 14.0. The Labute approximate surface area is 232 Å². The highest BCUT2D eigenvalue weighted by Crippen LogP contribution is 2.34. The van der Waals surface area contributed by atoms with Gasteiger partial charge in [0.05, 0.1) is 6.04 Å². The van der Waals surface area contributed by atoms with Gasteiger partial charge in [-0.1, -0.05) is 67.4 Å². The Kier molecular flexibility index (Phi) is 7.51. The lowest BCUT2D eigenvalue weighted by molar-refractivity contribution is 0.201. The number of aromatic nitrogens is 5. The molecule has 2 heterocycles. The SMILES string of the molecule is Cc1ccc2cc([C@H](c3nnnn3C3CCCC3)N(CCc3ccccc3)Cc3ccc(F)cc3)c(=O)[nH]c2c1. The second kappa shape index (κ2) is 11.5. The number of halogens is 1. The van der Waals surface area contributed by atoms with E-state index in [1.807, 2.05) is 54.1 Å². The smallest absolute Gasteiger partial charge is 0.253 e. The fourth-order valence-corrected chi connectivity index (χ4v) is 5.86. The molecule has 1 N–H and O–H groups in total. The quantitative estimate of drug-likeness (QED) is 0.253. The normalized spacial score (nSPS) is 14.8. The molecular weight excluding hydrogens is 503 g/mol. The summed E-state index contributed by atoms with van der Waals surface area (Å²) in [5, 5.41) is 14.1. The van der Waals surface area contributed by atoms with E-state index < -0.39 is 6.04 Å². The minimum atomic E-state index is -0.501. The molecule has 40 heavy (non-hydrogen) atoms. The molecular formula is C32H33FN6O. The van der Waals surface area contributed by atoms with E-state index >= 15 is 0 Å². The van der Waals surface area contributed by atoms with Gasteiger partial charge in [-0.3, -0.25) is 9.69 Å². The first-order valence-electron chi connectivity index (χ1n) is 14.0. The maximum Gasteiger partial charge on any atom is 0.253 e. The van der Waals surface area contributed by atoms with E-state index in [9.17, 15) is 9.18 Å². The summed E-state index contributed by atoms with van der Waals surface area (Å²) in [4.78, 5) is 19.2. The average molecular weight is 537 g/mol. The van der Waals surface area contributed by atoms with Crippen LogP contribution in [-0.2, 0) is 13.0 Å². The molecule has 8 heteroatoms. The Hall–Kier alpha value is -4.17. The van der Waals surface area contributed by atoms with Crippen molar-refractivity contribution in [1.82, 2.24) is 30.1 Å². The standard InChI is InChI=1S/C32H33FN6O/c1-22-11-14-25-20-28(32(40)34-29(25)19-22)30(31-35-36-37-39(31)27-9-5-6-10-27)38(18-17-23-7-3-2-4-8-23)21-24-12-15-26(33)16-13-24/h2-4,7-8,11-16,19-20,27,30H,5-6,9-10,17-18,21H2,1H3,(H,34,40)/t30-/m1/s1. The summed E-state index contributed by atoms with van der Waals surface area (Å²) < 4.78 is 15.7. The summed E-state index contributed by atoms with van der Waals surface area (Å²) in [6.07, 6.45) is 5.07. The van der Waals surface area contributed by atoms with Gasteiger partial charge in [-0.05, 0) is 83.0 Å². The molecule has 1 aliphatic rings. The van der Waals surface area contributed by atoms with Crippen LogP contribution in [0.3, 0.4) is 0 Å². The summed E-state index contributed by atoms with van der Waals surface area (Å²) in [6, 6.07) is 24.6. The number of aromatic amines is 1. The number of nitrogens with one attached hydrogen (secondary N) is 1. The molecule has 0 unspecified atom stereocenters. The third-order valence-electron chi connectivity index (χ3n) is 7.95. The predicted molar refractivity (Wildman–Crippen MR) is 153 cm³/mol. The van der Waals surface area contributed by atoms with Gasteiger partial charge in [-0.15, -0.1) is 5.10 Å². The minimum Gasteiger partial charge on any atom is -0.322 e. The van der Waals surface area contributed by atoms with Crippen LogP contribution in [0.1, 0.15) is 65.8 Å². The Bertz CT molecular complexity index is 1640. The number of H-pyrrole nitrogens is 1. The molecule has 0 amide bonds. The van der Waals surface area contributed by atoms with Gasteiger partial charge < -0.3 is 4.98 Å². The Morgan fingerprint density at radius 3 is 2.55 bits per heavy atom. The van der Waals surface area contributed by atoms with Crippen molar-refractivity contribution in [2.24, 2.45) is 0 Å². The highest BCUT2D eigenvalue weighted by molar-refractivity contribution is 5.79. The monoisotopic (exact) mass is 536 g/mol. The predicted octanol–water partition coefficient (Wildman–Crippen LogP) is 5.91. The second-order valence-corrected chi connectivity index (χ2v) is 10.8. The van der Waals surface area contributed by atoms with Gasteiger partial charge in [0.2, 0.25) is 0 Å². The maximum absolute atomic E-state index is 13.8. The van der Waals surface area contributed by atoms with Crippen molar-refractivity contribution < 1.29 is 4.39 Å². The van der Waals surface area contributed by atoms with Gasteiger partial charge in [0.25, 0.3) is 5.56 Å². The molecule has 1 aliphatic carbocycles. The van der Waals surface area contributed by atoms with Crippen molar-refractivity contribution in [3.63, 3.8) is 0 Å². The van der Waals surface area contributed by atoms with Gasteiger partial charge in [0, 0.05) is 24.2 Å². The number of hydrogen-bond acceptors (Lipinski definition) is 5. The molecule has 0 saturated heterocycles. The van der Waals surface area contributed by atoms with E-state index in [1.165, 1.54) is 17.7 Å². The fraction of sp³-hybridized carbons (Fsp3) is 0.312. The molecule has 0 radical (unpaired) electrons. The number of pyridine rings is 1. The molecule has 0 bridgehead atoms. The number of aryl methyl sites for hydroxylation is 1. The van der Waals surface area contributed by atoms with Gasteiger partial charge in [0.1, 0.15) is 11.9 Å². The molecule has 0 aliphatic heterocycles. The van der Waals surface area contributed by atoms with Crippen LogP contribution < -0.4 is 5.56 Å². The Morgan fingerprint density at radius 2 is 1.77 bits per heavy atom. The largest absolute Gasteiger partial charge is 0.322 e. The van der Waals surface area contributed by atoms with Gasteiger partial charge in [0.15, 0.2) is 5.82 Å². The summed E-state index contributed by atoms with van der Waals surface area (Å²) in [5.41, 5.74) is 4.47. The fourth-order valence-electron chi connectivity index (χ4n) is 5.86. The lowest BCUT2D eigenvalue weighted by Crippen LogP contribution is -2.36. The van der Waals surface area contributed by atoms with Crippen molar-refractivity contribution in [1.29, 1.82) is 0 Å². The molecule has 2 aromatic heterocycles. The number of tetrazole rings is 1. The first-order chi connectivity index (χ1) is 19.5. The lowest BCUT2D eigenvalue weighted by atomic mass is 10.0. The zero-order valence-electron chi connectivity index (χ0n) is 22.6. The third kappa shape index (κ3) is 5.58. The topological polar surface area (TPSA) is 79.7 Å². The third-order valence-corrected chi connectivity index (χ3v) is 7.95. The molecule has 6 rings (SSSR count). The van der Waals surface area contributed by atoms with E-state index in [0.29, 0.717) is 24.5 Å². The lowest BCUT2D eigenvalue weighted by Gasteiger charge is -2.32. The van der Waals surface area contributed by atoms with Crippen LogP contribution in [0, 0.1) is 12.7 Å². The molecule has 7 nitrogen and oxygen atoms in total. The van der Waals surface area contributed by atoms with Crippen LogP contribution in [0.5, 0.6) is 0 Å². The zero-order chi connectivity index (χ0) is 27.5. The number of hydrogen-bond donors (Lipinski definition) is 1. The summed E-state index contributed by atoms with van der Waals surface area (Å²) in [5.74, 6) is 0.390. The van der Waals surface area contributed by atoms with E-state index in [4.69, 9.17) is 0 Å². The minimum absolute atomic E-state index is 0.159.